The Kier molecular flexibility index (Phi) is 14.0. The molecular weight excluding hydrogens is 985 g/mol. The maximum atomic E-state index is 14.1. The van der Waals surface area contributed by atoms with Crippen LogP contribution in [0, 0.1) is 21.4 Å². The molecule has 5 heterocycles. The molecule has 1 amide bonds. The van der Waals surface area contributed by atoms with E-state index < -0.39 is 37.0 Å². The van der Waals surface area contributed by atoms with Crippen LogP contribution in [0.15, 0.2) is 120 Å². The number of anilines is 2. The standard InChI is InChI=1S/C58H66N8O7S2/c1-38(2)46-8-4-5-9-48(46)52-37-63(36-41-7-6-10-54-47(41)18-28-74-54)26-27-65(52)43-32-58(33-43)21-24-64(25-22-58)42-11-13-49(53(30-42)73-44-29-40-17-23-59-55(40)61-35-44)56(67)62-75(71,72)45-12-14-50(51(31-45)66(69)70)60-34-39-15-19-57(3,68)20-16-39/h4-14,17-18,23,28-31,35,38-39,43,52,60,68H,15-16,19-22,24-27,32-34,36-37H2,1-3H3,(H,59,61)(H,62,67)/t39-,52?,57-. The number of sulfonamides is 1. The van der Waals surface area contributed by atoms with Crippen molar-refractivity contribution in [2.75, 3.05) is 49.5 Å². The number of hydrogen-bond donors (Lipinski definition) is 4. The summed E-state index contributed by atoms with van der Waals surface area (Å²) in [6.45, 7) is 12.5. The molecular formula is C58H66N8O7S2. The molecule has 1 spiro atoms. The second-order valence-electron chi connectivity index (χ2n) is 22.1. The van der Waals surface area contributed by atoms with Gasteiger partial charge in [0.05, 0.1) is 27.2 Å². The van der Waals surface area contributed by atoms with Gasteiger partial charge in [-0.15, -0.1) is 11.3 Å². The maximum Gasteiger partial charge on any atom is 0.293 e. The Morgan fingerprint density at radius 1 is 0.960 bits per heavy atom. The van der Waals surface area contributed by atoms with Crippen LogP contribution in [0.1, 0.15) is 111 Å². The van der Waals surface area contributed by atoms with Crippen LogP contribution in [-0.2, 0) is 16.6 Å². The summed E-state index contributed by atoms with van der Waals surface area (Å²) >= 11 is 1.81. The fourth-order valence-electron chi connectivity index (χ4n) is 12.4. The number of piperazine rings is 1. The molecule has 2 aliphatic heterocycles. The monoisotopic (exact) mass is 1050 g/mol. The summed E-state index contributed by atoms with van der Waals surface area (Å²) in [6, 6.07) is 31.3. The van der Waals surface area contributed by atoms with E-state index in [0.29, 0.717) is 48.8 Å². The van der Waals surface area contributed by atoms with Crippen molar-refractivity contribution in [3.63, 3.8) is 0 Å². The number of thiophene rings is 1. The largest absolute Gasteiger partial charge is 0.455 e. The molecule has 7 aromatic rings. The second-order valence-corrected chi connectivity index (χ2v) is 24.8. The van der Waals surface area contributed by atoms with E-state index in [-0.39, 0.29) is 28.3 Å². The van der Waals surface area contributed by atoms with Crippen LogP contribution in [0.5, 0.6) is 11.5 Å². The van der Waals surface area contributed by atoms with E-state index in [2.05, 4.69) is 102 Å². The number of fused-ring (bicyclic) bond motifs is 2. The SMILES string of the molecule is CC(C)c1ccccc1C1CN(Cc2cccc3sccc23)CCN1C1CC2(CCN(c3ccc(C(=O)NS(=O)(=O)c4ccc(NC[C@H]5CC[C@](C)(O)CC5)c([N+](=O)[O-])c4)c(Oc4cnc5[nH]ccc5c4)c3)CC2)C1. The Balaban J connectivity index is 0.783. The lowest BCUT2D eigenvalue weighted by Crippen LogP contribution is -2.60. The zero-order valence-electron chi connectivity index (χ0n) is 42.8. The first-order valence-corrected chi connectivity index (χ1v) is 28.8. The molecule has 4 fully saturated rings. The second kappa shape index (κ2) is 20.6. The smallest absolute Gasteiger partial charge is 0.293 e. The summed E-state index contributed by atoms with van der Waals surface area (Å²) < 4.78 is 37.7. The molecule has 4 aromatic carbocycles. The Labute approximate surface area is 442 Å². The molecule has 1 atom stereocenters. The normalized spacial score (nSPS) is 21.6. The molecule has 4 aliphatic rings. The Morgan fingerprint density at radius 3 is 2.55 bits per heavy atom. The molecule has 2 aliphatic carbocycles. The van der Waals surface area contributed by atoms with Gasteiger partial charge in [0.1, 0.15) is 22.8 Å². The number of aliphatic hydroxyl groups is 1. The van der Waals surface area contributed by atoms with Crippen molar-refractivity contribution in [1.29, 1.82) is 0 Å². The molecule has 2 saturated heterocycles. The van der Waals surface area contributed by atoms with Gasteiger partial charge in [0.25, 0.3) is 21.6 Å². The van der Waals surface area contributed by atoms with Gasteiger partial charge in [-0.25, -0.2) is 18.1 Å². The molecule has 1 unspecified atom stereocenters. The first-order valence-electron chi connectivity index (χ1n) is 26.4. The summed E-state index contributed by atoms with van der Waals surface area (Å²) in [5, 5.41) is 30.1. The minimum Gasteiger partial charge on any atom is -0.455 e. The van der Waals surface area contributed by atoms with Crippen molar-refractivity contribution in [3.8, 4) is 11.5 Å². The minimum atomic E-state index is -4.59. The van der Waals surface area contributed by atoms with Gasteiger partial charge in [-0.3, -0.25) is 24.7 Å². The number of rotatable bonds is 15. The number of aromatic nitrogens is 2. The lowest BCUT2D eigenvalue weighted by Gasteiger charge is -2.58. The summed E-state index contributed by atoms with van der Waals surface area (Å²) in [5.74, 6) is 0.189. The van der Waals surface area contributed by atoms with Crippen LogP contribution in [0.25, 0.3) is 21.1 Å². The number of benzene rings is 4. The van der Waals surface area contributed by atoms with Crippen molar-refractivity contribution in [1.82, 2.24) is 24.5 Å². The molecule has 392 valence electrons. The molecule has 11 rings (SSSR count). The van der Waals surface area contributed by atoms with E-state index in [4.69, 9.17) is 4.74 Å². The zero-order valence-corrected chi connectivity index (χ0v) is 44.5. The fraction of sp³-hybridized carbons (Fsp3) is 0.414. The van der Waals surface area contributed by atoms with Crippen LogP contribution in [-0.4, -0.2) is 95.0 Å². The Morgan fingerprint density at radius 2 is 1.76 bits per heavy atom. The highest BCUT2D eigenvalue weighted by Gasteiger charge is 2.50. The number of carbonyl (C=O) groups is 1. The number of nitro benzene ring substituents is 1. The number of carbonyl (C=O) groups excluding carboxylic acids is 1. The average Bonchev–Trinajstić information content (AvgIpc) is 4.09. The third-order valence-corrected chi connectivity index (χ3v) is 18.9. The first-order chi connectivity index (χ1) is 36.1. The number of nitrogens with one attached hydrogen (secondary N) is 3. The molecule has 17 heteroatoms. The van der Waals surface area contributed by atoms with Crippen molar-refractivity contribution < 1.29 is 28.0 Å². The van der Waals surface area contributed by atoms with Crippen LogP contribution in [0.3, 0.4) is 0 Å². The number of H-pyrrole nitrogens is 1. The summed E-state index contributed by atoms with van der Waals surface area (Å²) in [6.07, 6.45) is 10.5. The van der Waals surface area contributed by atoms with Gasteiger partial charge in [0.2, 0.25) is 0 Å². The number of hydrogen-bond acceptors (Lipinski definition) is 13. The van der Waals surface area contributed by atoms with Gasteiger partial charge < -0.3 is 25.0 Å². The number of piperidine rings is 1. The van der Waals surface area contributed by atoms with Gasteiger partial charge in [-0.1, -0.05) is 50.2 Å². The molecule has 0 bridgehead atoms. The molecule has 15 nitrogen and oxygen atoms in total. The quantitative estimate of drug-likeness (QED) is 0.0563. The van der Waals surface area contributed by atoms with Gasteiger partial charge in [-0.2, -0.15) is 0 Å². The summed E-state index contributed by atoms with van der Waals surface area (Å²) in [5.41, 5.74) is 5.04. The van der Waals surface area contributed by atoms with E-state index in [0.717, 1.165) is 94.9 Å². The lowest BCUT2D eigenvalue weighted by atomic mass is 9.59. The van der Waals surface area contributed by atoms with Gasteiger partial charge in [0.15, 0.2) is 0 Å². The number of nitro groups is 1. The van der Waals surface area contributed by atoms with Crippen LogP contribution in [0.4, 0.5) is 17.1 Å². The average molecular weight is 1050 g/mol. The zero-order chi connectivity index (χ0) is 52.1. The van der Waals surface area contributed by atoms with Crippen molar-refractivity contribution in [3.05, 3.63) is 147 Å². The van der Waals surface area contributed by atoms with Gasteiger partial charge in [-0.05, 0) is 152 Å². The fourth-order valence-corrected chi connectivity index (χ4v) is 14.2. The van der Waals surface area contributed by atoms with Crippen LogP contribution in [0.2, 0.25) is 0 Å². The third-order valence-electron chi connectivity index (χ3n) is 16.7. The highest BCUT2D eigenvalue weighted by molar-refractivity contribution is 7.90. The first kappa shape index (κ1) is 50.8. The summed E-state index contributed by atoms with van der Waals surface area (Å²) in [7, 11) is -4.59. The molecule has 0 radical (unpaired) electrons. The Hall–Kier alpha value is -6.37. The van der Waals surface area contributed by atoms with E-state index in [9.17, 15) is 28.4 Å². The Bertz CT molecular complexity index is 3350. The van der Waals surface area contributed by atoms with Gasteiger partial charge >= 0.3 is 0 Å². The van der Waals surface area contributed by atoms with Crippen LogP contribution >= 0.6 is 11.3 Å². The van der Waals surface area contributed by atoms with Crippen molar-refractivity contribution in [2.24, 2.45) is 11.3 Å². The van der Waals surface area contributed by atoms with Crippen molar-refractivity contribution >= 4 is 65.4 Å². The predicted molar refractivity (Wildman–Crippen MR) is 295 cm³/mol. The third kappa shape index (κ3) is 10.7. The molecule has 75 heavy (non-hydrogen) atoms. The maximum absolute atomic E-state index is 14.1. The molecule has 2 saturated carbocycles. The van der Waals surface area contributed by atoms with Crippen LogP contribution < -0.4 is 19.7 Å². The minimum absolute atomic E-state index is 0.0248. The number of nitrogens with zero attached hydrogens (tertiary/aromatic N) is 5. The van der Waals surface area contributed by atoms with E-state index in [1.54, 1.807) is 30.6 Å². The number of ether oxygens (including phenoxy) is 1. The highest BCUT2D eigenvalue weighted by Crippen LogP contribution is 2.53. The topological polar surface area (TPSA) is 186 Å². The van der Waals surface area contributed by atoms with Crippen molar-refractivity contribution in [2.45, 2.75) is 107 Å². The molecule has 3 aromatic heterocycles. The molecule has 4 N–H and O–H groups in total. The lowest BCUT2D eigenvalue weighted by molar-refractivity contribution is -0.384. The van der Waals surface area contributed by atoms with Gasteiger partial charge in [0, 0.05) is 92.0 Å². The summed E-state index contributed by atoms with van der Waals surface area (Å²) in [4.78, 5) is 40.7. The highest BCUT2D eigenvalue weighted by atomic mass is 32.2. The van der Waals surface area contributed by atoms with E-state index in [1.807, 2.05) is 30.4 Å². The number of amides is 1. The van der Waals surface area contributed by atoms with E-state index >= 15 is 0 Å². The predicted octanol–water partition coefficient (Wildman–Crippen LogP) is 11.4. The number of aromatic amines is 1. The number of pyridine rings is 1. The van der Waals surface area contributed by atoms with E-state index in [1.165, 1.54) is 38.9 Å².